The highest BCUT2D eigenvalue weighted by Gasteiger charge is 2.34. The van der Waals surface area contributed by atoms with Gasteiger partial charge in [0.2, 0.25) is 5.91 Å². The monoisotopic (exact) mass is 396 g/mol. The van der Waals surface area contributed by atoms with E-state index in [0.717, 1.165) is 27.2 Å². The summed E-state index contributed by atoms with van der Waals surface area (Å²) in [7, 11) is 0. The van der Waals surface area contributed by atoms with Gasteiger partial charge in [-0.05, 0) is 51.8 Å². The average Bonchev–Trinajstić information content (AvgIpc) is 3.32. The van der Waals surface area contributed by atoms with Gasteiger partial charge < -0.3 is 10.2 Å². The number of nitrogens with zero attached hydrogens (tertiary/aromatic N) is 3. The maximum atomic E-state index is 12.8. The zero-order valence-corrected chi connectivity index (χ0v) is 17.3. The molecule has 3 aromatic rings. The summed E-state index contributed by atoms with van der Waals surface area (Å²) in [5, 5.41) is 8.55. The van der Waals surface area contributed by atoms with Crippen LogP contribution in [0.2, 0.25) is 0 Å². The van der Waals surface area contributed by atoms with Crippen molar-refractivity contribution in [2.24, 2.45) is 0 Å². The summed E-state index contributed by atoms with van der Waals surface area (Å²) in [6.45, 7) is 8.68. The average molecular weight is 397 g/mol. The SMILES string of the molecule is Cc1ccccc1-n1nc(C)c2cc(C(=O)NC3CCN(C(C)C)C3=O)sc21. The molecule has 0 aliphatic carbocycles. The number of rotatable bonds is 4. The molecule has 1 fully saturated rings. The van der Waals surface area contributed by atoms with Crippen molar-refractivity contribution in [1.82, 2.24) is 20.0 Å². The van der Waals surface area contributed by atoms with E-state index in [0.29, 0.717) is 17.8 Å². The van der Waals surface area contributed by atoms with Crippen molar-refractivity contribution in [3.8, 4) is 5.69 Å². The van der Waals surface area contributed by atoms with Crippen molar-refractivity contribution >= 4 is 33.4 Å². The van der Waals surface area contributed by atoms with E-state index in [-0.39, 0.29) is 17.9 Å². The quantitative estimate of drug-likeness (QED) is 0.735. The zero-order chi connectivity index (χ0) is 20.0. The Balaban J connectivity index is 1.62. The van der Waals surface area contributed by atoms with E-state index < -0.39 is 6.04 Å². The molecular weight excluding hydrogens is 372 g/mol. The number of fused-ring (bicyclic) bond motifs is 1. The summed E-state index contributed by atoms with van der Waals surface area (Å²) < 4.78 is 1.91. The van der Waals surface area contributed by atoms with Crippen LogP contribution >= 0.6 is 11.3 Å². The fourth-order valence-corrected chi connectivity index (χ4v) is 4.78. The van der Waals surface area contributed by atoms with Gasteiger partial charge in [0.1, 0.15) is 10.9 Å². The Morgan fingerprint density at radius 3 is 2.71 bits per heavy atom. The van der Waals surface area contributed by atoms with Crippen LogP contribution in [0.4, 0.5) is 0 Å². The topological polar surface area (TPSA) is 67.2 Å². The number of benzene rings is 1. The van der Waals surface area contributed by atoms with E-state index in [1.165, 1.54) is 11.3 Å². The van der Waals surface area contributed by atoms with Crippen molar-refractivity contribution in [3.63, 3.8) is 0 Å². The van der Waals surface area contributed by atoms with Crippen LogP contribution in [-0.4, -0.2) is 45.1 Å². The molecule has 0 spiro atoms. The third-order valence-corrected chi connectivity index (χ3v) is 6.39. The minimum atomic E-state index is -0.436. The van der Waals surface area contributed by atoms with Crippen LogP contribution in [0.15, 0.2) is 30.3 Å². The van der Waals surface area contributed by atoms with Crippen LogP contribution in [0, 0.1) is 13.8 Å². The number of amides is 2. The lowest BCUT2D eigenvalue weighted by atomic mass is 10.2. The van der Waals surface area contributed by atoms with E-state index in [4.69, 9.17) is 0 Å². The van der Waals surface area contributed by atoms with Gasteiger partial charge in [-0.25, -0.2) is 4.68 Å². The number of para-hydroxylation sites is 1. The molecule has 1 saturated heterocycles. The second-order valence-electron chi connectivity index (χ2n) is 7.55. The highest BCUT2D eigenvalue weighted by atomic mass is 32.1. The van der Waals surface area contributed by atoms with Gasteiger partial charge in [-0.1, -0.05) is 18.2 Å². The number of carbonyl (C=O) groups excluding carboxylic acids is 2. The minimum absolute atomic E-state index is 0.00623. The number of thiophene rings is 1. The van der Waals surface area contributed by atoms with E-state index >= 15 is 0 Å². The molecule has 0 radical (unpaired) electrons. The minimum Gasteiger partial charge on any atom is -0.339 e. The molecule has 7 heteroatoms. The van der Waals surface area contributed by atoms with Gasteiger partial charge in [-0.2, -0.15) is 5.10 Å². The largest absolute Gasteiger partial charge is 0.339 e. The fourth-order valence-electron chi connectivity index (χ4n) is 3.70. The molecular formula is C21H24N4O2S. The maximum absolute atomic E-state index is 12.8. The van der Waals surface area contributed by atoms with Crippen LogP contribution in [0.3, 0.4) is 0 Å². The number of hydrogen-bond donors (Lipinski definition) is 1. The molecule has 2 aromatic heterocycles. The normalized spacial score (nSPS) is 17.1. The van der Waals surface area contributed by atoms with Crippen LogP contribution < -0.4 is 5.32 Å². The number of likely N-dealkylation sites (tertiary alicyclic amines) is 1. The van der Waals surface area contributed by atoms with Crippen molar-refractivity contribution in [2.75, 3.05) is 6.54 Å². The fraction of sp³-hybridized carbons (Fsp3) is 0.381. The summed E-state index contributed by atoms with van der Waals surface area (Å²) >= 11 is 1.41. The molecule has 1 unspecified atom stereocenters. The third-order valence-electron chi connectivity index (χ3n) is 5.28. The summed E-state index contributed by atoms with van der Waals surface area (Å²) in [5.74, 6) is -0.187. The Labute approximate surface area is 168 Å². The van der Waals surface area contributed by atoms with Gasteiger partial charge in [0.25, 0.3) is 5.91 Å². The zero-order valence-electron chi connectivity index (χ0n) is 16.5. The number of aryl methyl sites for hydroxylation is 2. The molecule has 3 heterocycles. The number of carbonyl (C=O) groups is 2. The molecule has 4 rings (SSSR count). The Bertz CT molecular complexity index is 1070. The molecule has 6 nitrogen and oxygen atoms in total. The number of nitrogens with one attached hydrogen (secondary N) is 1. The van der Waals surface area contributed by atoms with Gasteiger partial charge in [0, 0.05) is 18.0 Å². The van der Waals surface area contributed by atoms with Gasteiger partial charge in [-0.15, -0.1) is 11.3 Å². The first kappa shape index (κ1) is 18.7. The molecule has 1 aliphatic heterocycles. The van der Waals surface area contributed by atoms with Crippen LogP contribution in [0.25, 0.3) is 15.9 Å². The van der Waals surface area contributed by atoms with E-state index in [2.05, 4.69) is 10.4 Å². The van der Waals surface area contributed by atoms with E-state index in [9.17, 15) is 9.59 Å². The summed E-state index contributed by atoms with van der Waals surface area (Å²) in [4.78, 5) is 28.6. The third kappa shape index (κ3) is 3.09. The van der Waals surface area contributed by atoms with Crippen molar-refractivity contribution in [1.29, 1.82) is 0 Å². The van der Waals surface area contributed by atoms with E-state index in [1.54, 1.807) is 0 Å². The molecule has 1 aromatic carbocycles. The molecule has 0 bridgehead atoms. The lowest BCUT2D eigenvalue weighted by Crippen LogP contribution is -2.43. The number of aromatic nitrogens is 2. The maximum Gasteiger partial charge on any atom is 0.262 e. The van der Waals surface area contributed by atoms with Crippen molar-refractivity contribution in [3.05, 3.63) is 46.5 Å². The smallest absolute Gasteiger partial charge is 0.262 e. The van der Waals surface area contributed by atoms with Gasteiger partial charge in [0.05, 0.1) is 16.3 Å². The highest BCUT2D eigenvalue weighted by molar-refractivity contribution is 7.20. The number of hydrogen-bond acceptors (Lipinski definition) is 4. The Hall–Kier alpha value is -2.67. The lowest BCUT2D eigenvalue weighted by Gasteiger charge is -2.21. The molecule has 0 saturated carbocycles. The first-order valence-electron chi connectivity index (χ1n) is 9.53. The first-order chi connectivity index (χ1) is 13.4. The first-order valence-corrected chi connectivity index (χ1v) is 10.3. The lowest BCUT2D eigenvalue weighted by molar-refractivity contribution is -0.130. The Kier molecular flexibility index (Phi) is 4.71. The Morgan fingerprint density at radius 1 is 1.29 bits per heavy atom. The van der Waals surface area contributed by atoms with Crippen molar-refractivity contribution < 1.29 is 9.59 Å². The predicted octanol–water partition coefficient (Wildman–Crippen LogP) is 3.44. The summed E-state index contributed by atoms with van der Waals surface area (Å²) in [6.07, 6.45) is 0.656. The molecule has 28 heavy (non-hydrogen) atoms. The van der Waals surface area contributed by atoms with Crippen LogP contribution in [0.5, 0.6) is 0 Å². The molecule has 146 valence electrons. The van der Waals surface area contributed by atoms with Crippen molar-refractivity contribution in [2.45, 2.75) is 46.2 Å². The molecule has 2 amide bonds. The van der Waals surface area contributed by atoms with Gasteiger partial charge in [0.15, 0.2) is 0 Å². The molecule has 1 aliphatic rings. The Morgan fingerprint density at radius 2 is 2.04 bits per heavy atom. The molecule has 1 atom stereocenters. The van der Waals surface area contributed by atoms with Gasteiger partial charge >= 0.3 is 0 Å². The second kappa shape index (κ2) is 7.05. The van der Waals surface area contributed by atoms with E-state index in [1.807, 2.05) is 67.6 Å². The van der Waals surface area contributed by atoms with Crippen LogP contribution in [0.1, 0.15) is 41.2 Å². The molecule has 1 N–H and O–H groups in total. The van der Waals surface area contributed by atoms with Crippen LogP contribution in [-0.2, 0) is 4.79 Å². The predicted molar refractivity (Wildman–Crippen MR) is 111 cm³/mol. The standard InChI is InChI=1S/C21H24N4O2S/c1-12(2)24-10-9-16(20(24)27)22-19(26)18-11-15-14(4)23-25(21(15)28-18)17-8-6-5-7-13(17)3/h5-8,11-12,16H,9-10H2,1-4H3,(H,22,26). The summed E-state index contributed by atoms with van der Waals surface area (Å²) in [5.41, 5.74) is 3.01. The summed E-state index contributed by atoms with van der Waals surface area (Å²) in [6, 6.07) is 9.66. The highest BCUT2D eigenvalue weighted by Crippen LogP contribution is 2.31. The van der Waals surface area contributed by atoms with Gasteiger partial charge in [-0.3, -0.25) is 9.59 Å². The second-order valence-corrected chi connectivity index (χ2v) is 8.58.